The van der Waals surface area contributed by atoms with Crippen LogP contribution in [0.3, 0.4) is 0 Å². The number of ketones is 1. The topological polar surface area (TPSA) is 52.6 Å². The molecule has 0 heterocycles. The van der Waals surface area contributed by atoms with Crippen molar-refractivity contribution in [2.75, 3.05) is 0 Å². The third-order valence-corrected chi connectivity index (χ3v) is 11.2. The van der Waals surface area contributed by atoms with Crippen LogP contribution in [0.15, 0.2) is 72.8 Å². The van der Waals surface area contributed by atoms with E-state index in [4.69, 9.17) is 9.16 Å². The minimum atomic E-state index is -2.03. The van der Waals surface area contributed by atoms with Crippen LogP contribution in [0.25, 0.3) is 6.08 Å². The van der Waals surface area contributed by atoms with E-state index in [-0.39, 0.29) is 28.8 Å². The van der Waals surface area contributed by atoms with Crippen molar-refractivity contribution in [1.82, 2.24) is 0 Å². The van der Waals surface area contributed by atoms with Gasteiger partial charge in [0.05, 0.1) is 6.10 Å². The molecule has 0 saturated heterocycles. The summed E-state index contributed by atoms with van der Waals surface area (Å²) in [6, 6.07) is 17.0. The fourth-order valence-corrected chi connectivity index (χ4v) is 4.87. The van der Waals surface area contributed by atoms with Gasteiger partial charge in [0.25, 0.3) is 0 Å². The third-order valence-electron chi connectivity index (χ3n) is 6.67. The first-order chi connectivity index (χ1) is 17.1. The number of hydrogen-bond acceptors (Lipinski definition) is 4. The highest BCUT2D eigenvalue weighted by Crippen LogP contribution is 2.38. The first-order valence-corrected chi connectivity index (χ1v) is 16.0. The molecular formula is C32H44O4Si. The highest BCUT2D eigenvalue weighted by molar-refractivity contribution is 6.74. The average Bonchev–Trinajstić information content (AvgIpc) is 2.80. The summed E-state index contributed by atoms with van der Waals surface area (Å²) < 4.78 is 12.2. The standard InChI is InChI=1S/C32H44O4Si/c1-24(18-19-25-20-22-27(23-21-25)30(34)26-14-11-10-12-15-26)28(36-37(8,9)32(5,6)7)16-13-17-29(33)35-31(2,3)4/h10-15,17-24,28H,16H2,1-9H3/b17-13+,19-18+/t24-,28+/m1/s1. The van der Waals surface area contributed by atoms with Crippen molar-refractivity contribution < 1.29 is 18.8 Å². The molecule has 0 unspecified atom stereocenters. The van der Waals surface area contributed by atoms with E-state index in [1.165, 1.54) is 6.08 Å². The second kappa shape index (κ2) is 12.7. The maximum Gasteiger partial charge on any atom is 0.330 e. The number of rotatable bonds is 10. The van der Waals surface area contributed by atoms with Gasteiger partial charge < -0.3 is 9.16 Å². The van der Waals surface area contributed by atoms with Crippen molar-refractivity contribution in [2.24, 2.45) is 5.92 Å². The van der Waals surface area contributed by atoms with Crippen LogP contribution in [-0.2, 0) is 14.0 Å². The molecule has 0 radical (unpaired) electrons. The summed E-state index contributed by atoms with van der Waals surface area (Å²) in [6.07, 6.45) is 8.12. The van der Waals surface area contributed by atoms with Gasteiger partial charge in [0, 0.05) is 17.2 Å². The zero-order chi connectivity index (χ0) is 27.9. The summed E-state index contributed by atoms with van der Waals surface area (Å²) in [4.78, 5) is 24.8. The van der Waals surface area contributed by atoms with Gasteiger partial charge in [-0.1, -0.05) is 101 Å². The molecule has 0 amide bonds. The molecule has 0 fully saturated rings. The first-order valence-electron chi connectivity index (χ1n) is 13.0. The monoisotopic (exact) mass is 520 g/mol. The molecule has 0 aliphatic carbocycles. The molecule has 0 aromatic heterocycles. The highest BCUT2D eigenvalue weighted by Gasteiger charge is 2.39. The van der Waals surface area contributed by atoms with E-state index in [0.717, 1.165) is 5.56 Å². The number of benzene rings is 2. The minimum absolute atomic E-state index is 0.0177. The maximum absolute atomic E-state index is 12.7. The lowest BCUT2D eigenvalue weighted by Crippen LogP contribution is -2.45. The van der Waals surface area contributed by atoms with Crippen molar-refractivity contribution >= 4 is 26.1 Å². The molecule has 37 heavy (non-hydrogen) atoms. The molecule has 2 aromatic carbocycles. The number of ether oxygens (including phenoxy) is 1. The van der Waals surface area contributed by atoms with Gasteiger partial charge in [-0.2, -0.15) is 0 Å². The van der Waals surface area contributed by atoms with Crippen molar-refractivity contribution in [3.8, 4) is 0 Å². The SMILES string of the molecule is C[C@H](/C=C/c1ccc(C(=O)c2ccccc2)cc1)[C@H](C/C=C/C(=O)OC(C)(C)C)O[Si](C)(C)C(C)(C)C. The molecule has 0 bridgehead atoms. The Kier molecular flexibility index (Phi) is 10.4. The maximum atomic E-state index is 12.7. The van der Waals surface area contributed by atoms with E-state index in [0.29, 0.717) is 17.5 Å². The van der Waals surface area contributed by atoms with Crippen molar-refractivity contribution in [3.63, 3.8) is 0 Å². The van der Waals surface area contributed by atoms with Crippen LogP contribution in [0.2, 0.25) is 18.1 Å². The van der Waals surface area contributed by atoms with Gasteiger partial charge in [0.15, 0.2) is 14.1 Å². The lowest BCUT2D eigenvalue weighted by molar-refractivity contribution is -0.148. The van der Waals surface area contributed by atoms with Gasteiger partial charge in [-0.25, -0.2) is 4.79 Å². The van der Waals surface area contributed by atoms with Crippen LogP contribution in [0.5, 0.6) is 0 Å². The summed E-state index contributed by atoms with van der Waals surface area (Å²) in [6.45, 7) is 18.9. The van der Waals surface area contributed by atoms with Crippen molar-refractivity contribution in [2.45, 2.75) is 84.7 Å². The highest BCUT2D eigenvalue weighted by atomic mass is 28.4. The molecular weight excluding hydrogens is 476 g/mol. The van der Waals surface area contributed by atoms with E-state index < -0.39 is 13.9 Å². The van der Waals surface area contributed by atoms with Crippen LogP contribution >= 0.6 is 0 Å². The zero-order valence-electron chi connectivity index (χ0n) is 24.0. The predicted octanol–water partition coefficient (Wildman–Crippen LogP) is 8.25. The Morgan fingerprint density at radius 3 is 2.00 bits per heavy atom. The number of esters is 1. The summed E-state index contributed by atoms with van der Waals surface area (Å²) in [5, 5.41) is 0.0741. The van der Waals surface area contributed by atoms with Gasteiger partial charge in [0.1, 0.15) is 5.60 Å². The molecule has 0 aliphatic heterocycles. The smallest absolute Gasteiger partial charge is 0.330 e. The molecule has 4 nitrogen and oxygen atoms in total. The van der Waals surface area contributed by atoms with Crippen molar-refractivity contribution in [1.29, 1.82) is 0 Å². The van der Waals surface area contributed by atoms with E-state index >= 15 is 0 Å². The fraction of sp³-hybridized carbons (Fsp3) is 0.438. The molecule has 2 aromatic rings. The van der Waals surface area contributed by atoms with E-state index in [1.807, 2.05) is 81.4 Å². The van der Waals surface area contributed by atoms with E-state index in [9.17, 15) is 9.59 Å². The lowest BCUT2D eigenvalue weighted by Gasteiger charge is -2.40. The zero-order valence-corrected chi connectivity index (χ0v) is 25.0. The molecule has 2 atom stereocenters. The fourth-order valence-electron chi connectivity index (χ4n) is 3.45. The van der Waals surface area contributed by atoms with E-state index in [2.05, 4.69) is 52.9 Å². The Hall–Kier alpha value is -2.76. The summed E-state index contributed by atoms with van der Waals surface area (Å²) in [5.74, 6) is -0.209. The van der Waals surface area contributed by atoms with Gasteiger partial charge in [-0.05, 0) is 56.8 Å². The van der Waals surface area contributed by atoms with E-state index in [1.54, 1.807) is 0 Å². The van der Waals surface area contributed by atoms with Crippen LogP contribution in [0, 0.1) is 5.92 Å². The van der Waals surface area contributed by atoms with Gasteiger partial charge in [-0.15, -0.1) is 0 Å². The predicted molar refractivity (Wildman–Crippen MR) is 156 cm³/mol. The molecule has 0 spiro atoms. The summed E-state index contributed by atoms with van der Waals surface area (Å²) in [7, 11) is -2.03. The largest absolute Gasteiger partial charge is 0.457 e. The number of carbonyl (C=O) groups excluding carboxylic acids is 2. The first kappa shape index (κ1) is 30.5. The van der Waals surface area contributed by atoms with Crippen LogP contribution < -0.4 is 0 Å². The summed E-state index contributed by atoms with van der Waals surface area (Å²) in [5.41, 5.74) is 1.86. The van der Waals surface area contributed by atoms with Gasteiger partial charge >= 0.3 is 5.97 Å². The Morgan fingerprint density at radius 2 is 1.46 bits per heavy atom. The van der Waals surface area contributed by atoms with Crippen LogP contribution in [0.4, 0.5) is 0 Å². The molecule has 200 valence electrons. The van der Waals surface area contributed by atoms with Gasteiger partial charge in [-0.3, -0.25) is 4.79 Å². The second-order valence-corrected chi connectivity index (χ2v) is 16.9. The minimum Gasteiger partial charge on any atom is -0.457 e. The molecule has 0 aliphatic rings. The Bertz CT molecular complexity index is 1080. The number of hydrogen-bond donors (Lipinski definition) is 0. The summed E-state index contributed by atoms with van der Waals surface area (Å²) >= 11 is 0. The second-order valence-electron chi connectivity index (χ2n) is 12.1. The Morgan fingerprint density at radius 1 is 0.892 bits per heavy atom. The van der Waals surface area contributed by atoms with Crippen molar-refractivity contribution in [3.05, 3.63) is 89.5 Å². The Labute approximate surface area is 224 Å². The number of carbonyl (C=O) groups is 2. The quantitative estimate of drug-likeness (QED) is 0.137. The molecule has 2 rings (SSSR count). The van der Waals surface area contributed by atoms with Crippen LogP contribution in [0.1, 0.15) is 76.4 Å². The molecule has 0 N–H and O–H groups in total. The molecule has 0 saturated carbocycles. The third kappa shape index (κ3) is 9.90. The van der Waals surface area contributed by atoms with Gasteiger partial charge in [0.2, 0.25) is 0 Å². The normalized spacial score (nSPS) is 14.6. The Balaban J connectivity index is 2.15. The lowest BCUT2D eigenvalue weighted by atomic mass is 9.99. The average molecular weight is 521 g/mol. The molecule has 5 heteroatoms. The van der Waals surface area contributed by atoms with Crippen LogP contribution in [-0.4, -0.2) is 31.8 Å².